The van der Waals surface area contributed by atoms with Gasteiger partial charge in [-0.1, -0.05) is 11.6 Å². The second kappa shape index (κ2) is 8.55. The van der Waals surface area contributed by atoms with Gasteiger partial charge in [0.1, 0.15) is 17.3 Å². The molecule has 0 spiro atoms. The Morgan fingerprint density at radius 3 is 2.38 bits per heavy atom. The third-order valence-electron chi connectivity index (χ3n) is 4.73. The zero-order chi connectivity index (χ0) is 21.1. The van der Waals surface area contributed by atoms with Crippen LogP contribution in [0.25, 0.3) is 5.76 Å². The minimum atomic E-state index is -0.932. The maximum absolute atomic E-state index is 12.8. The lowest BCUT2D eigenvalue weighted by Crippen LogP contribution is -2.32. The van der Waals surface area contributed by atoms with Gasteiger partial charge in [-0.15, -0.1) is 0 Å². The standard InChI is InChI=1S/C21H20ClNO6/c1-28-14-7-8-15(16(11-14)29-2)18-17(20(26)21(27)23(18)9-10-24)19(25)12-3-5-13(22)6-4-12/h3-8,11,18,24-25H,9-10H2,1-2H3/b19-17+. The third-order valence-corrected chi connectivity index (χ3v) is 4.99. The summed E-state index contributed by atoms with van der Waals surface area (Å²) in [5.74, 6) is -1.07. The Kier molecular flexibility index (Phi) is 6.10. The van der Waals surface area contributed by atoms with Gasteiger partial charge in [0, 0.05) is 28.8 Å². The highest BCUT2D eigenvalue weighted by Gasteiger charge is 2.46. The fourth-order valence-electron chi connectivity index (χ4n) is 3.35. The number of Topliss-reactive ketones (excluding diaryl/α,β-unsaturated/α-hetero) is 1. The van der Waals surface area contributed by atoms with Crippen LogP contribution in [0.15, 0.2) is 48.0 Å². The summed E-state index contributed by atoms with van der Waals surface area (Å²) < 4.78 is 10.6. The fraction of sp³-hybridized carbons (Fsp3) is 0.238. The summed E-state index contributed by atoms with van der Waals surface area (Å²) >= 11 is 5.90. The number of halogens is 1. The first-order chi connectivity index (χ1) is 13.9. The molecule has 1 aliphatic heterocycles. The van der Waals surface area contributed by atoms with Gasteiger partial charge in [-0.05, 0) is 36.4 Å². The lowest BCUT2D eigenvalue weighted by molar-refractivity contribution is -0.140. The molecular formula is C21H20ClNO6. The molecule has 1 aliphatic rings. The molecule has 1 heterocycles. The third kappa shape index (κ3) is 3.79. The Morgan fingerprint density at radius 1 is 1.10 bits per heavy atom. The van der Waals surface area contributed by atoms with Crippen molar-refractivity contribution in [1.29, 1.82) is 0 Å². The molecule has 0 aromatic heterocycles. The van der Waals surface area contributed by atoms with E-state index in [0.29, 0.717) is 27.6 Å². The molecular weight excluding hydrogens is 398 g/mol. The minimum absolute atomic E-state index is 0.0815. The molecule has 3 rings (SSSR count). The second-order valence-corrected chi connectivity index (χ2v) is 6.77. The minimum Gasteiger partial charge on any atom is -0.507 e. The van der Waals surface area contributed by atoms with Gasteiger partial charge in [-0.2, -0.15) is 0 Å². The number of β-amino-alcohol motifs (C(OH)–C–C–N with tert-alkyl or cyclic N) is 1. The lowest BCUT2D eigenvalue weighted by atomic mass is 9.94. The molecule has 1 fully saturated rings. The molecule has 1 atom stereocenters. The molecule has 0 bridgehead atoms. The number of carbonyl (C=O) groups is 2. The largest absolute Gasteiger partial charge is 0.507 e. The van der Waals surface area contributed by atoms with Crippen LogP contribution in [0.3, 0.4) is 0 Å². The number of aliphatic hydroxyl groups is 2. The summed E-state index contributed by atoms with van der Waals surface area (Å²) in [4.78, 5) is 26.6. The molecule has 0 radical (unpaired) electrons. The normalized spacial score (nSPS) is 18.2. The quantitative estimate of drug-likeness (QED) is 0.426. The zero-order valence-electron chi connectivity index (χ0n) is 15.9. The number of nitrogens with zero attached hydrogens (tertiary/aromatic N) is 1. The van der Waals surface area contributed by atoms with Crippen molar-refractivity contribution in [3.8, 4) is 11.5 Å². The summed E-state index contributed by atoms with van der Waals surface area (Å²) in [5.41, 5.74) is 0.736. The van der Waals surface area contributed by atoms with E-state index in [1.54, 1.807) is 42.5 Å². The Balaban J connectivity index is 2.23. The number of rotatable bonds is 6. The van der Waals surface area contributed by atoms with E-state index in [4.69, 9.17) is 21.1 Å². The smallest absolute Gasteiger partial charge is 0.295 e. The number of hydrogen-bond donors (Lipinski definition) is 2. The first-order valence-corrected chi connectivity index (χ1v) is 9.17. The zero-order valence-corrected chi connectivity index (χ0v) is 16.6. The van der Waals surface area contributed by atoms with Crippen molar-refractivity contribution in [1.82, 2.24) is 4.90 Å². The maximum Gasteiger partial charge on any atom is 0.295 e. The van der Waals surface area contributed by atoms with Crippen molar-refractivity contribution in [3.63, 3.8) is 0 Å². The van der Waals surface area contributed by atoms with Gasteiger partial charge in [0.25, 0.3) is 11.7 Å². The summed E-state index contributed by atoms with van der Waals surface area (Å²) in [5, 5.41) is 20.8. The highest BCUT2D eigenvalue weighted by atomic mass is 35.5. The number of hydrogen-bond acceptors (Lipinski definition) is 6. The number of methoxy groups -OCH3 is 2. The van der Waals surface area contributed by atoms with E-state index >= 15 is 0 Å². The number of likely N-dealkylation sites (tertiary alicyclic amines) is 1. The Hall–Kier alpha value is -3.03. The SMILES string of the molecule is COc1ccc(C2/C(=C(\O)c3ccc(Cl)cc3)C(=O)C(=O)N2CCO)c(OC)c1. The van der Waals surface area contributed by atoms with Crippen LogP contribution in [-0.2, 0) is 9.59 Å². The molecule has 1 amide bonds. The molecule has 0 aliphatic carbocycles. The summed E-state index contributed by atoms with van der Waals surface area (Å²) in [7, 11) is 2.96. The lowest BCUT2D eigenvalue weighted by Gasteiger charge is -2.26. The highest BCUT2D eigenvalue weighted by molar-refractivity contribution is 6.46. The molecule has 0 saturated carbocycles. The topological polar surface area (TPSA) is 96.3 Å². The van der Waals surface area contributed by atoms with Crippen molar-refractivity contribution in [2.45, 2.75) is 6.04 Å². The van der Waals surface area contributed by atoms with E-state index < -0.39 is 17.7 Å². The van der Waals surface area contributed by atoms with Gasteiger partial charge < -0.3 is 24.6 Å². The van der Waals surface area contributed by atoms with Gasteiger partial charge in [0.05, 0.1) is 32.4 Å². The molecule has 152 valence electrons. The van der Waals surface area contributed by atoms with Gasteiger partial charge in [0.15, 0.2) is 0 Å². The van der Waals surface area contributed by atoms with Crippen LogP contribution in [0.2, 0.25) is 5.02 Å². The van der Waals surface area contributed by atoms with Crippen LogP contribution in [-0.4, -0.2) is 54.2 Å². The molecule has 2 aromatic carbocycles. The van der Waals surface area contributed by atoms with Gasteiger partial charge in [0.2, 0.25) is 0 Å². The predicted molar refractivity (Wildman–Crippen MR) is 107 cm³/mol. The predicted octanol–water partition coefficient (Wildman–Crippen LogP) is 2.77. The fourth-order valence-corrected chi connectivity index (χ4v) is 3.48. The van der Waals surface area contributed by atoms with E-state index in [1.807, 2.05) is 0 Å². The van der Waals surface area contributed by atoms with E-state index in [9.17, 15) is 19.8 Å². The number of ether oxygens (including phenoxy) is 2. The van der Waals surface area contributed by atoms with Crippen molar-refractivity contribution in [3.05, 3.63) is 64.2 Å². The van der Waals surface area contributed by atoms with Crippen molar-refractivity contribution in [2.75, 3.05) is 27.4 Å². The monoisotopic (exact) mass is 417 g/mol. The molecule has 1 saturated heterocycles. The van der Waals surface area contributed by atoms with Crippen LogP contribution in [0.1, 0.15) is 17.2 Å². The number of ketones is 1. The van der Waals surface area contributed by atoms with E-state index in [2.05, 4.69) is 0 Å². The number of amides is 1. The summed E-state index contributed by atoms with van der Waals surface area (Å²) in [6, 6.07) is 10.3. The average molecular weight is 418 g/mol. The number of carbonyl (C=O) groups excluding carboxylic acids is 2. The Morgan fingerprint density at radius 2 is 1.79 bits per heavy atom. The molecule has 1 unspecified atom stereocenters. The maximum atomic E-state index is 12.8. The Labute approximate surface area is 172 Å². The van der Waals surface area contributed by atoms with Crippen LogP contribution in [0.4, 0.5) is 0 Å². The van der Waals surface area contributed by atoms with E-state index in [-0.39, 0.29) is 24.5 Å². The van der Waals surface area contributed by atoms with Crippen LogP contribution in [0.5, 0.6) is 11.5 Å². The average Bonchev–Trinajstić information content (AvgIpc) is 2.98. The van der Waals surface area contributed by atoms with Gasteiger partial charge in [-0.25, -0.2) is 0 Å². The van der Waals surface area contributed by atoms with Crippen LogP contribution >= 0.6 is 11.6 Å². The first kappa shape index (κ1) is 20.7. The number of aliphatic hydroxyl groups excluding tert-OH is 2. The van der Waals surface area contributed by atoms with E-state index in [0.717, 1.165) is 0 Å². The van der Waals surface area contributed by atoms with E-state index in [1.165, 1.54) is 19.1 Å². The van der Waals surface area contributed by atoms with Gasteiger partial charge in [-0.3, -0.25) is 9.59 Å². The first-order valence-electron chi connectivity index (χ1n) is 8.80. The molecule has 29 heavy (non-hydrogen) atoms. The Bertz CT molecular complexity index is 970. The van der Waals surface area contributed by atoms with Gasteiger partial charge >= 0.3 is 0 Å². The van der Waals surface area contributed by atoms with Crippen LogP contribution < -0.4 is 9.47 Å². The summed E-state index contributed by atoms with van der Waals surface area (Å²) in [6.07, 6.45) is 0. The highest BCUT2D eigenvalue weighted by Crippen LogP contribution is 2.43. The molecule has 2 aromatic rings. The molecule has 7 nitrogen and oxygen atoms in total. The second-order valence-electron chi connectivity index (χ2n) is 6.33. The van der Waals surface area contributed by atoms with Crippen LogP contribution in [0, 0.1) is 0 Å². The van der Waals surface area contributed by atoms with Crippen molar-refractivity contribution in [2.24, 2.45) is 0 Å². The number of benzene rings is 2. The molecule has 2 N–H and O–H groups in total. The molecule has 8 heteroatoms. The summed E-state index contributed by atoms with van der Waals surface area (Å²) in [6.45, 7) is -0.426. The van der Waals surface area contributed by atoms with Crippen molar-refractivity contribution < 1.29 is 29.3 Å². The van der Waals surface area contributed by atoms with Crippen molar-refractivity contribution >= 4 is 29.1 Å².